The summed E-state index contributed by atoms with van der Waals surface area (Å²) in [5, 5.41) is 0. The smallest absolute Gasteiger partial charge is 0.265 e. The third kappa shape index (κ3) is 3.05. The van der Waals surface area contributed by atoms with Crippen molar-refractivity contribution in [3.05, 3.63) is 41.3 Å². The molecule has 22 heavy (non-hydrogen) atoms. The fraction of sp³-hybridized carbons (Fsp3) is 0.412. The van der Waals surface area contributed by atoms with Crippen LogP contribution in [-0.2, 0) is 0 Å². The Morgan fingerprint density at radius 1 is 1.41 bits per heavy atom. The molecule has 116 valence electrons. The highest BCUT2D eigenvalue weighted by molar-refractivity contribution is 7.08. The first-order chi connectivity index (χ1) is 10.7. The summed E-state index contributed by atoms with van der Waals surface area (Å²) in [7, 11) is 0. The Morgan fingerprint density at radius 3 is 2.91 bits per heavy atom. The maximum Gasteiger partial charge on any atom is 0.265 e. The minimum absolute atomic E-state index is 0.0713. The van der Waals surface area contributed by atoms with Crippen LogP contribution in [0.3, 0.4) is 0 Å². The molecule has 0 radical (unpaired) electrons. The first-order valence-corrected chi connectivity index (χ1v) is 8.49. The Hall–Kier alpha value is -1.72. The molecule has 1 aromatic carbocycles. The lowest BCUT2D eigenvalue weighted by atomic mass is 9.92. The summed E-state index contributed by atoms with van der Waals surface area (Å²) < 4.78 is 4.43. The highest BCUT2D eigenvalue weighted by atomic mass is 32.1. The van der Waals surface area contributed by atoms with Crippen molar-refractivity contribution in [1.82, 2.24) is 9.27 Å². The van der Waals surface area contributed by atoms with Crippen molar-refractivity contribution >= 4 is 17.4 Å². The summed E-state index contributed by atoms with van der Waals surface area (Å²) in [5.41, 5.74) is 7.77. The average molecular weight is 315 g/mol. The van der Waals surface area contributed by atoms with E-state index in [-0.39, 0.29) is 11.9 Å². The van der Waals surface area contributed by atoms with Gasteiger partial charge in [-0.1, -0.05) is 37.3 Å². The number of piperidine rings is 1. The van der Waals surface area contributed by atoms with Crippen molar-refractivity contribution in [2.75, 3.05) is 13.1 Å². The Labute approximate surface area is 135 Å². The molecule has 2 atom stereocenters. The van der Waals surface area contributed by atoms with Gasteiger partial charge in [-0.15, -0.1) is 0 Å². The molecular formula is C17H21N3OS. The lowest BCUT2D eigenvalue weighted by Crippen LogP contribution is -2.49. The fourth-order valence-electron chi connectivity index (χ4n) is 3.00. The minimum Gasteiger partial charge on any atom is -0.334 e. The van der Waals surface area contributed by atoms with Crippen molar-refractivity contribution in [2.24, 2.45) is 11.7 Å². The number of benzene rings is 1. The van der Waals surface area contributed by atoms with Gasteiger partial charge in [0.05, 0.1) is 5.69 Å². The SMILES string of the molecule is CC1CCN(C(=O)c2cc(-c3ccccc3)ns2)C(CN)C1. The summed E-state index contributed by atoms with van der Waals surface area (Å²) in [4.78, 5) is 15.4. The molecule has 5 heteroatoms. The number of likely N-dealkylation sites (tertiary alicyclic amines) is 1. The van der Waals surface area contributed by atoms with E-state index in [1.807, 2.05) is 41.3 Å². The molecule has 1 aliphatic rings. The van der Waals surface area contributed by atoms with Gasteiger partial charge in [0.15, 0.2) is 0 Å². The number of amides is 1. The van der Waals surface area contributed by atoms with Crippen LogP contribution in [0.2, 0.25) is 0 Å². The molecule has 2 N–H and O–H groups in total. The molecule has 4 nitrogen and oxygen atoms in total. The van der Waals surface area contributed by atoms with Crippen LogP contribution in [0.4, 0.5) is 0 Å². The maximum atomic E-state index is 12.8. The zero-order valence-corrected chi connectivity index (χ0v) is 13.6. The second kappa shape index (κ2) is 6.58. The molecule has 0 spiro atoms. The molecule has 2 aromatic rings. The standard InChI is InChI=1S/C17H21N3OS/c1-12-7-8-20(14(9-12)11-18)17(21)16-10-15(19-22-16)13-5-3-2-4-6-13/h2-6,10,12,14H,7-9,11,18H2,1H3. The Kier molecular flexibility index (Phi) is 4.55. The van der Waals surface area contributed by atoms with Crippen molar-refractivity contribution < 1.29 is 4.79 Å². The van der Waals surface area contributed by atoms with Crippen LogP contribution in [0.15, 0.2) is 36.4 Å². The van der Waals surface area contributed by atoms with Crippen molar-refractivity contribution in [2.45, 2.75) is 25.8 Å². The van der Waals surface area contributed by atoms with E-state index in [9.17, 15) is 4.79 Å². The molecule has 1 saturated heterocycles. The molecule has 0 bridgehead atoms. The van der Waals surface area contributed by atoms with Gasteiger partial charge in [0.1, 0.15) is 4.88 Å². The molecule has 3 rings (SSSR count). The van der Waals surface area contributed by atoms with E-state index in [2.05, 4.69) is 11.3 Å². The molecule has 0 saturated carbocycles. The monoisotopic (exact) mass is 315 g/mol. The third-order valence-corrected chi connectivity index (χ3v) is 5.08. The van der Waals surface area contributed by atoms with Crippen molar-refractivity contribution in [3.8, 4) is 11.3 Å². The fourth-order valence-corrected chi connectivity index (χ4v) is 3.72. The Bertz CT molecular complexity index is 640. The highest BCUT2D eigenvalue weighted by Gasteiger charge is 2.30. The van der Waals surface area contributed by atoms with Crippen molar-refractivity contribution in [1.29, 1.82) is 0 Å². The normalized spacial score (nSPS) is 21.8. The van der Waals surface area contributed by atoms with E-state index in [0.29, 0.717) is 17.3 Å². The molecule has 2 unspecified atom stereocenters. The van der Waals surface area contributed by atoms with Crippen LogP contribution >= 0.6 is 11.5 Å². The summed E-state index contributed by atoms with van der Waals surface area (Å²) in [6, 6.07) is 12.0. The zero-order valence-electron chi connectivity index (χ0n) is 12.7. The van der Waals surface area contributed by atoms with Crippen LogP contribution < -0.4 is 5.73 Å². The topological polar surface area (TPSA) is 59.2 Å². The van der Waals surface area contributed by atoms with Gasteiger partial charge >= 0.3 is 0 Å². The first-order valence-electron chi connectivity index (χ1n) is 7.72. The van der Waals surface area contributed by atoms with E-state index in [1.165, 1.54) is 11.5 Å². The summed E-state index contributed by atoms with van der Waals surface area (Å²) >= 11 is 1.28. The van der Waals surface area contributed by atoms with Gasteiger partial charge in [-0.3, -0.25) is 4.79 Å². The second-order valence-electron chi connectivity index (χ2n) is 5.96. The Morgan fingerprint density at radius 2 is 2.18 bits per heavy atom. The molecule has 0 aliphatic carbocycles. The lowest BCUT2D eigenvalue weighted by Gasteiger charge is -2.37. The van der Waals surface area contributed by atoms with Gasteiger partial charge in [-0.05, 0) is 36.4 Å². The van der Waals surface area contributed by atoms with Gasteiger partial charge in [0.25, 0.3) is 5.91 Å². The van der Waals surface area contributed by atoms with Gasteiger partial charge in [0.2, 0.25) is 0 Å². The van der Waals surface area contributed by atoms with E-state index in [4.69, 9.17) is 5.73 Å². The first kappa shape index (κ1) is 15.2. The molecule has 1 fully saturated rings. The summed E-state index contributed by atoms with van der Waals surface area (Å²) in [5.74, 6) is 0.709. The number of carbonyl (C=O) groups is 1. The Balaban J connectivity index is 1.79. The van der Waals surface area contributed by atoms with E-state index >= 15 is 0 Å². The number of hydrogen-bond acceptors (Lipinski definition) is 4. The molecular weight excluding hydrogens is 294 g/mol. The zero-order chi connectivity index (χ0) is 15.5. The van der Waals surface area contributed by atoms with E-state index < -0.39 is 0 Å². The van der Waals surface area contributed by atoms with Gasteiger partial charge in [-0.25, -0.2) is 0 Å². The summed E-state index contributed by atoms with van der Waals surface area (Å²) in [6.07, 6.45) is 2.04. The number of aromatic nitrogens is 1. The number of nitrogens with zero attached hydrogens (tertiary/aromatic N) is 2. The lowest BCUT2D eigenvalue weighted by molar-refractivity contribution is 0.0578. The highest BCUT2D eigenvalue weighted by Crippen LogP contribution is 2.27. The van der Waals surface area contributed by atoms with Gasteiger partial charge in [-0.2, -0.15) is 4.37 Å². The van der Waals surface area contributed by atoms with Gasteiger partial charge < -0.3 is 10.6 Å². The maximum absolute atomic E-state index is 12.8. The van der Waals surface area contributed by atoms with Crippen LogP contribution in [0.5, 0.6) is 0 Å². The second-order valence-corrected chi connectivity index (χ2v) is 6.77. The predicted octanol–water partition coefficient (Wildman–Crippen LogP) is 3.01. The van der Waals surface area contributed by atoms with Crippen LogP contribution in [0.1, 0.15) is 29.4 Å². The van der Waals surface area contributed by atoms with Crippen LogP contribution in [-0.4, -0.2) is 34.3 Å². The third-order valence-electron chi connectivity index (χ3n) is 4.30. The molecule has 1 amide bonds. The van der Waals surface area contributed by atoms with Crippen LogP contribution in [0, 0.1) is 5.92 Å². The quantitative estimate of drug-likeness (QED) is 0.947. The minimum atomic E-state index is 0.0713. The van der Waals surface area contributed by atoms with Crippen LogP contribution in [0.25, 0.3) is 11.3 Å². The number of nitrogens with two attached hydrogens (primary N) is 1. The van der Waals surface area contributed by atoms with E-state index in [0.717, 1.165) is 30.6 Å². The molecule has 1 aromatic heterocycles. The van der Waals surface area contributed by atoms with E-state index in [1.54, 1.807) is 0 Å². The summed E-state index contributed by atoms with van der Waals surface area (Å²) in [6.45, 7) is 3.55. The average Bonchev–Trinajstić information content (AvgIpc) is 3.05. The number of hydrogen-bond donors (Lipinski definition) is 1. The molecule has 2 heterocycles. The van der Waals surface area contributed by atoms with Gasteiger partial charge in [0, 0.05) is 24.7 Å². The number of carbonyl (C=O) groups excluding carboxylic acids is 1. The molecule has 1 aliphatic heterocycles. The van der Waals surface area contributed by atoms with Crippen molar-refractivity contribution in [3.63, 3.8) is 0 Å². The largest absolute Gasteiger partial charge is 0.334 e. The predicted molar refractivity (Wildman–Crippen MR) is 89.8 cm³/mol. The number of rotatable bonds is 3.